The van der Waals surface area contributed by atoms with Crippen molar-refractivity contribution in [3.05, 3.63) is 47.6 Å². The summed E-state index contributed by atoms with van der Waals surface area (Å²) in [6.45, 7) is 0.207. The van der Waals surface area contributed by atoms with Crippen molar-refractivity contribution in [1.29, 1.82) is 0 Å². The van der Waals surface area contributed by atoms with Gasteiger partial charge in [0.1, 0.15) is 11.4 Å². The van der Waals surface area contributed by atoms with Crippen LogP contribution in [0.3, 0.4) is 0 Å². The third-order valence-electron chi connectivity index (χ3n) is 4.56. The smallest absolute Gasteiger partial charge is 0.249 e. The van der Waals surface area contributed by atoms with Crippen LogP contribution in [0.25, 0.3) is 11.5 Å². The lowest BCUT2D eigenvalue weighted by molar-refractivity contribution is -0.122. The molecule has 0 radical (unpaired) electrons. The molecule has 2 N–H and O–H groups in total. The molecular weight excluding hydrogens is 396 g/mol. The third-order valence-corrected chi connectivity index (χ3v) is 4.79. The number of anilines is 2. The lowest BCUT2D eigenvalue weighted by Crippen LogP contribution is -2.28. The number of hydrogen-bond acceptors (Lipinski definition) is 6. The topological polar surface area (TPSA) is 113 Å². The SMILES string of the molecule is COc1ccc(Cl)cc1N1CC(C(=O)Nc2n[nH]c(-c3ccccn3)n2)CC1=O. The summed E-state index contributed by atoms with van der Waals surface area (Å²) in [6.07, 6.45) is 1.71. The van der Waals surface area contributed by atoms with Gasteiger partial charge in [-0.15, -0.1) is 5.10 Å². The van der Waals surface area contributed by atoms with Crippen LogP contribution >= 0.6 is 11.6 Å². The monoisotopic (exact) mass is 412 g/mol. The van der Waals surface area contributed by atoms with Gasteiger partial charge in [0.25, 0.3) is 0 Å². The molecule has 148 valence electrons. The Hall–Kier alpha value is -3.46. The van der Waals surface area contributed by atoms with Gasteiger partial charge in [0.2, 0.25) is 17.8 Å². The fraction of sp³-hybridized carbons (Fsp3) is 0.211. The quantitative estimate of drug-likeness (QED) is 0.665. The summed E-state index contributed by atoms with van der Waals surface area (Å²) in [6, 6.07) is 10.4. The van der Waals surface area contributed by atoms with Crippen LogP contribution in [0.15, 0.2) is 42.6 Å². The van der Waals surface area contributed by atoms with Crippen molar-refractivity contribution in [2.75, 3.05) is 23.9 Å². The van der Waals surface area contributed by atoms with E-state index in [1.54, 1.807) is 36.5 Å². The van der Waals surface area contributed by atoms with Crippen molar-refractivity contribution < 1.29 is 14.3 Å². The van der Waals surface area contributed by atoms with Crippen molar-refractivity contribution in [2.24, 2.45) is 5.92 Å². The Bertz CT molecular complexity index is 1060. The van der Waals surface area contributed by atoms with E-state index in [2.05, 4.69) is 25.5 Å². The minimum atomic E-state index is -0.553. The highest BCUT2D eigenvalue weighted by Crippen LogP contribution is 2.35. The van der Waals surface area contributed by atoms with Gasteiger partial charge < -0.3 is 9.64 Å². The summed E-state index contributed by atoms with van der Waals surface area (Å²) in [5.41, 5.74) is 1.14. The molecule has 1 saturated heterocycles. The second kappa shape index (κ2) is 7.88. The Kier molecular flexibility index (Phi) is 5.13. The first-order valence-corrected chi connectivity index (χ1v) is 9.21. The van der Waals surface area contributed by atoms with Gasteiger partial charge in [-0.2, -0.15) is 4.98 Å². The van der Waals surface area contributed by atoms with Crippen LogP contribution in [0.5, 0.6) is 5.75 Å². The standard InChI is InChI=1S/C19H17ClN6O3/c1-29-15-6-5-12(20)9-14(15)26-10-11(8-16(26)27)18(28)23-19-22-17(24-25-19)13-4-2-3-7-21-13/h2-7,9,11H,8,10H2,1H3,(H2,22,23,24,25,28). The van der Waals surface area contributed by atoms with E-state index < -0.39 is 5.92 Å². The summed E-state index contributed by atoms with van der Waals surface area (Å²) in [7, 11) is 1.51. The van der Waals surface area contributed by atoms with E-state index in [-0.39, 0.29) is 30.7 Å². The molecule has 3 heterocycles. The molecule has 3 aromatic rings. The molecule has 1 aliphatic heterocycles. The summed E-state index contributed by atoms with van der Waals surface area (Å²) in [5.74, 6) is -0.000335. The average molecular weight is 413 g/mol. The van der Waals surface area contributed by atoms with Gasteiger partial charge in [-0.1, -0.05) is 17.7 Å². The van der Waals surface area contributed by atoms with Gasteiger partial charge >= 0.3 is 0 Å². The zero-order valence-electron chi connectivity index (χ0n) is 15.4. The number of ether oxygens (including phenoxy) is 1. The van der Waals surface area contributed by atoms with E-state index in [0.29, 0.717) is 28.0 Å². The fourth-order valence-electron chi connectivity index (χ4n) is 3.14. The largest absolute Gasteiger partial charge is 0.495 e. The third kappa shape index (κ3) is 3.90. The first kappa shape index (κ1) is 18.9. The second-order valence-electron chi connectivity index (χ2n) is 6.43. The number of methoxy groups -OCH3 is 1. The van der Waals surface area contributed by atoms with Crippen LogP contribution in [0.2, 0.25) is 5.02 Å². The fourth-order valence-corrected chi connectivity index (χ4v) is 3.30. The molecule has 0 saturated carbocycles. The number of aromatic amines is 1. The van der Waals surface area contributed by atoms with E-state index >= 15 is 0 Å². The number of carbonyl (C=O) groups excluding carboxylic acids is 2. The maximum absolute atomic E-state index is 12.6. The number of amides is 2. The Balaban J connectivity index is 1.46. The van der Waals surface area contributed by atoms with Gasteiger partial charge in [0.05, 0.1) is 18.7 Å². The molecule has 4 rings (SSSR count). The second-order valence-corrected chi connectivity index (χ2v) is 6.87. The average Bonchev–Trinajstić information content (AvgIpc) is 3.35. The van der Waals surface area contributed by atoms with Crippen molar-refractivity contribution in [3.8, 4) is 17.3 Å². The number of benzene rings is 1. The van der Waals surface area contributed by atoms with E-state index in [4.69, 9.17) is 16.3 Å². The molecule has 29 heavy (non-hydrogen) atoms. The molecule has 10 heteroatoms. The molecule has 0 aliphatic carbocycles. The van der Waals surface area contributed by atoms with E-state index in [1.165, 1.54) is 12.0 Å². The molecule has 0 spiro atoms. The van der Waals surface area contributed by atoms with Crippen LogP contribution in [-0.4, -0.2) is 45.6 Å². The van der Waals surface area contributed by atoms with Gasteiger partial charge in [-0.25, -0.2) is 0 Å². The maximum atomic E-state index is 12.6. The first-order chi connectivity index (χ1) is 14.0. The van der Waals surface area contributed by atoms with Gasteiger partial charge in [-0.05, 0) is 30.3 Å². The van der Waals surface area contributed by atoms with Gasteiger partial charge in [-0.3, -0.25) is 25.0 Å². The Morgan fingerprint density at radius 3 is 2.97 bits per heavy atom. The molecule has 9 nitrogen and oxygen atoms in total. The van der Waals surface area contributed by atoms with E-state index in [0.717, 1.165) is 0 Å². The lowest BCUT2D eigenvalue weighted by atomic mass is 10.1. The number of rotatable bonds is 5. The summed E-state index contributed by atoms with van der Waals surface area (Å²) in [5, 5.41) is 9.86. The van der Waals surface area contributed by atoms with Crippen LogP contribution in [0.4, 0.5) is 11.6 Å². The van der Waals surface area contributed by atoms with E-state index in [9.17, 15) is 9.59 Å². The molecular formula is C19H17ClN6O3. The molecule has 1 fully saturated rings. The number of aromatic nitrogens is 4. The highest BCUT2D eigenvalue weighted by molar-refractivity contribution is 6.31. The van der Waals surface area contributed by atoms with Crippen molar-refractivity contribution in [1.82, 2.24) is 20.2 Å². The molecule has 1 aliphatic rings. The minimum Gasteiger partial charge on any atom is -0.495 e. The van der Waals surface area contributed by atoms with Crippen LogP contribution in [-0.2, 0) is 9.59 Å². The summed E-state index contributed by atoms with van der Waals surface area (Å²) < 4.78 is 5.31. The number of nitrogens with one attached hydrogen (secondary N) is 2. The number of halogens is 1. The summed E-state index contributed by atoms with van der Waals surface area (Å²) in [4.78, 5) is 35.1. The van der Waals surface area contributed by atoms with Gasteiger partial charge in [0, 0.05) is 24.2 Å². The molecule has 1 unspecified atom stereocenters. The summed E-state index contributed by atoms with van der Waals surface area (Å²) >= 11 is 6.06. The zero-order chi connectivity index (χ0) is 20.4. The predicted octanol–water partition coefficient (Wildman–Crippen LogP) is 2.52. The van der Waals surface area contributed by atoms with Crippen molar-refractivity contribution >= 4 is 35.1 Å². The molecule has 1 atom stereocenters. The molecule has 2 amide bonds. The van der Waals surface area contributed by atoms with E-state index in [1.807, 2.05) is 6.07 Å². The normalized spacial score (nSPS) is 16.1. The Labute approximate surface area is 171 Å². The van der Waals surface area contributed by atoms with Crippen LogP contribution < -0.4 is 15.0 Å². The number of pyridine rings is 1. The molecule has 0 bridgehead atoms. The predicted molar refractivity (Wildman–Crippen MR) is 107 cm³/mol. The maximum Gasteiger partial charge on any atom is 0.249 e. The van der Waals surface area contributed by atoms with Gasteiger partial charge in [0.15, 0.2) is 5.82 Å². The molecule has 2 aromatic heterocycles. The Morgan fingerprint density at radius 2 is 2.21 bits per heavy atom. The lowest BCUT2D eigenvalue weighted by Gasteiger charge is -2.19. The van der Waals surface area contributed by atoms with Crippen molar-refractivity contribution in [2.45, 2.75) is 6.42 Å². The number of H-pyrrole nitrogens is 1. The number of nitrogens with zero attached hydrogens (tertiary/aromatic N) is 4. The number of carbonyl (C=O) groups is 2. The van der Waals surface area contributed by atoms with Crippen LogP contribution in [0, 0.1) is 5.92 Å². The first-order valence-electron chi connectivity index (χ1n) is 8.83. The highest BCUT2D eigenvalue weighted by Gasteiger charge is 2.36. The van der Waals surface area contributed by atoms with Crippen LogP contribution in [0.1, 0.15) is 6.42 Å². The highest BCUT2D eigenvalue weighted by atomic mass is 35.5. The zero-order valence-corrected chi connectivity index (χ0v) is 16.2. The molecule has 1 aromatic carbocycles. The van der Waals surface area contributed by atoms with Crippen molar-refractivity contribution in [3.63, 3.8) is 0 Å². The Morgan fingerprint density at radius 1 is 1.34 bits per heavy atom. The minimum absolute atomic E-state index is 0.0685. The number of hydrogen-bond donors (Lipinski definition) is 2.